The Morgan fingerprint density at radius 3 is 2.62 bits per heavy atom. The second-order valence-corrected chi connectivity index (χ2v) is 4.90. The predicted molar refractivity (Wildman–Crippen MR) is 60.2 cm³/mol. The van der Waals surface area contributed by atoms with Crippen molar-refractivity contribution in [3.8, 4) is 0 Å². The molecular weight excluding hydrogens is 178 g/mol. The van der Waals surface area contributed by atoms with Gasteiger partial charge in [0, 0.05) is 10.4 Å². The molecule has 2 heteroatoms. The quantitative estimate of drug-likeness (QED) is 0.750. The fourth-order valence-corrected chi connectivity index (χ4v) is 1.79. The van der Waals surface area contributed by atoms with Crippen LogP contribution in [0.2, 0.25) is 0 Å². The monoisotopic (exact) mass is 195 g/mol. The molecule has 0 radical (unpaired) electrons. The molecule has 0 bridgehead atoms. The van der Waals surface area contributed by atoms with Crippen molar-refractivity contribution in [2.24, 2.45) is 5.73 Å². The molecule has 0 unspecified atom stereocenters. The van der Waals surface area contributed by atoms with Gasteiger partial charge in [-0.3, -0.25) is 0 Å². The largest absolute Gasteiger partial charge is 0.325 e. The van der Waals surface area contributed by atoms with Gasteiger partial charge in [0.25, 0.3) is 0 Å². The minimum atomic E-state index is -0.114. The molecule has 1 aromatic rings. The van der Waals surface area contributed by atoms with Crippen molar-refractivity contribution in [3.63, 3.8) is 0 Å². The van der Waals surface area contributed by atoms with E-state index in [0.717, 1.165) is 6.42 Å². The highest BCUT2D eigenvalue weighted by atomic mass is 32.2. The van der Waals surface area contributed by atoms with Gasteiger partial charge >= 0.3 is 0 Å². The van der Waals surface area contributed by atoms with Crippen molar-refractivity contribution in [2.45, 2.75) is 30.7 Å². The number of thioether (sulfide) groups is 1. The van der Waals surface area contributed by atoms with E-state index in [0.29, 0.717) is 0 Å². The normalized spacial score (nSPS) is 11.7. The fraction of sp³-hybridized carbons (Fsp3) is 0.455. The van der Waals surface area contributed by atoms with E-state index in [-0.39, 0.29) is 5.54 Å². The van der Waals surface area contributed by atoms with Gasteiger partial charge in [0.2, 0.25) is 0 Å². The average Bonchev–Trinajstić information content (AvgIpc) is 2.01. The Morgan fingerprint density at radius 1 is 1.38 bits per heavy atom. The maximum atomic E-state index is 5.95. The van der Waals surface area contributed by atoms with Crippen molar-refractivity contribution in [1.82, 2.24) is 0 Å². The number of hydrogen-bond donors (Lipinski definition) is 1. The van der Waals surface area contributed by atoms with Gasteiger partial charge in [-0.2, -0.15) is 0 Å². The highest BCUT2D eigenvalue weighted by Crippen LogP contribution is 2.18. The van der Waals surface area contributed by atoms with Crippen LogP contribution < -0.4 is 5.73 Å². The lowest BCUT2D eigenvalue weighted by molar-refractivity contribution is 0.516. The summed E-state index contributed by atoms with van der Waals surface area (Å²) >= 11 is 1.77. The lowest BCUT2D eigenvalue weighted by Gasteiger charge is -2.18. The van der Waals surface area contributed by atoms with Crippen LogP contribution in [-0.2, 0) is 6.42 Å². The summed E-state index contributed by atoms with van der Waals surface area (Å²) in [7, 11) is 0. The Kier molecular flexibility index (Phi) is 3.40. The van der Waals surface area contributed by atoms with E-state index in [1.165, 1.54) is 10.5 Å². The first kappa shape index (κ1) is 10.6. The molecule has 0 aliphatic rings. The topological polar surface area (TPSA) is 26.0 Å². The molecule has 0 aliphatic carbocycles. The molecule has 1 aromatic carbocycles. The molecule has 72 valence electrons. The Balaban J connectivity index is 2.78. The van der Waals surface area contributed by atoms with Crippen molar-refractivity contribution in [1.29, 1.82) is 0 Å². The molecule has 1 nitrogen and oxygen atoms in total. The predicted octanol–water partition coefficient (Wildman–Crippen LogP) is 2.69. The number of rotatable bonds is 3. The van der Waals surface area contributed by atoms with Crippen LogP contribution >= 0.6 is 11.8 Å². The summed E-state index contributed by atoms with van der Waals surface area (Å²) in [5, 5.41) is 0. The molecule has 0 spiro atoms. The molecule has 0 aliphatic heterocycles. The second-order valence-electron chi connectivity index (χ2n) is 4.02. The Bertz CT molecular complexity index is 276. The van der Waals surface area contributed by atoms with Crippen LogP contribution in [0.25, 0.3) is 0 Å². The maximum Gasteiger partial charge on any atom is 0.0138 e. The third kappa shape index (κ3) is 3.83. The summed E-state index contributed by atoms with van der Waals surface area (Å²) in [6, 6.07) is 8.55. The van der Waals surface area contributed by atoms with E-state index >= 15 is 0 Å². The van der Waals surface area contributed by atoms with E-state index in [1.54, 1.807) is 11.8 Å². The maximum absolute atomic E-state index is 5.95. The van der Waals surface area contributed by atoms with Crippen LogP contribution in [-0.4, -0.2) is 11.8 Å². The van der Waals surface area contributed by atoms with Crippen molar-refractivity contribution < 1.29 is 0 Å². The minimum Gasteiger partial charge on any atom is -0.325 e. The first-order valence-corrected chi connectivity index (χ1v) is 5.65. The summed E-state index contributed by atoms with van der Waals surface area (Å²) in [6.07, 6.45) is 3.02. The van der Waals surface area contributed by atoms with E-state index in [9.17, 15) is 0 Å². The number of nitrogens with two attached hydrogens (primary N) is 1. The van der Waals surface area contributed by atoms with Gasteiger partial charge in [0.05, 0.1) is 0 Å². The van der Waals surface area contributed by atoms with Crippen LogP contribution in [0, 0.1) is 0 Å². The van der Waals surface area contributed by atoms with E-state index in [1.807, 2.05) is 0 Å². The van der Waals surface area contributed by atoms with E-state index in [2.05, 4.69) is 44.4 Å². The molecule has 0 heterocycles. The average molecular weight is 195 g/mol. The van der Waals surface area contributed by atoms with Crippen LogP contribution in [0.3, 0.4) is 0 Å². The van der Waals surface area contributed by atoms with Crippen molar-refractivity contribution in [3.05, 3.63) is 29.8 Å². The van der Waals surface area contributed by atoms with E-state index in [4.69, 9.17) is 5.73 Å². The zero-order chi connectivity index (χ0) is 9.90. The van der Waals surface area contributed by atoms with Gasteiger partial charge in [-0.1, -0.05) is 12.1 Å². The first-order valence-electron chi connectivity index (χ1n) is 4.43. The molecular formula is C11H17NS. The standard InChI is InChI=1S/C11H17NS/c1-11(2,12)8-9-5-4-6-10(7-9)13-3/h4-7H,8,12H2,1-3H3. The van der Waals surface area contributed by atoms with Gasteiger partial charge in [-0.25, -0.2) is 0 Å². The van der Waals surface area contributed by atoms with Gasteiger partial charge in [0.1, 0.15) is 0 Å². The molecule has 2 N–H and O–H groups in total. The lowest BCUT2D eigenvalue weighted by atomic mass is 9.96. The summed E-state index contributed by atoms with van der Waals surface area (Å²) in [5.41, 5.74) is 7.16. The molecule has 1 rings (SSSR count). The summed E-state index contributed by atoms with van der Waals surface area (Å²) in [4.78, 5) is 1.31. The first-order chi connectivity index (χ1) is 6.01. The molecule has 0 amide bonds. The number of hydrogen-bond acceptors (Lipinski definition) is 2. The number of benzene rings is 1. The summed E-state index contributed by atoms with van der Waals surface area (Å²) < 4.78 is 0. The van der Waals surface area contributed by atoms with Crippen LogP contribution in [0.15, 0.2) is 29.2 Å². The molecule has 13 heavy (non-hydrogen) atoms. The summed E-state index contributed by atoms with van der Waals surface area (Å²) in [6.45, 7) is 4.11. The molecule has 0 atom stereocenters. The second kappa shape index (κ2) is 4.16. The molecule has 0 fully saturated rings. The Labute approximate surface area is 84.7 Å². The van der Waals surface area contributed by atoms with Crippen molar-refractivity contribution >= 4 is 11.8 Å². The lowest BCUT2D eigenvalue weighted by Crippen LogP contribution is -2.34. The van der Waals surface area contributed by atoms with Crippen LogP contribution in [0.1, 0.15) is 19.4 Å². The Hall–Kier alpha value is -0.470. The Morgan fingerprint density at radius 2 is 2.08 bits per heavy atom. The summed E-state index contributed by atoms with van der Waals surface area (Å²) in [5.74, 6) is 0. The van der Waals surface area contributed by atoms with Gasteiger partial charge in [0.15, 0.2) is 0 Å². The van der Waals surface area contributed by atoms with Gasteiger partial charge in [-0.15, -0.1) is 11.8 Å². The smallest absolute Gasteiger partial charge is 0.0138 e. The molecule has 0 saturated carbocycles. The zero-order valence-corrected chi connectivity index (χ0v) is 9.32. The fourth-order valence-electron chi connectivity index (χ4n) is 1.31. The third-order valence-corrected chi connectivity index (χ3v) is 2.52. The third-order valence-electron chi connectivity index (χ3n) is 1.79. The van der Waals surface area contributed by atoms with Gasteiger partial charge in [-0.05, 0) is 44.2 Å². The van der Waals surface area contributed by atoms with Gasteiger partial charge < -0.3 is 5.73 Å². The highest BCUT2D eigenvalue weighted by Gasteiger charge is 2.11. The molecule has 0 aromatic heterocycles. The van der Waals surface area contributed by atoms with Crippen LogP contribution in [0.5, 0.6) is 0 Å². The van der Waals surface area contributed by atoms with Crippen molar-refractivity contribution in [2.75, 3.05) is 6.26 Å². The SMILES string of the molecule is CSc1cccc(CC(C)(C)N)c1. The van der Waals surface area contributed by atoms with E-state index < -0.39 is 0 Å². The highest BCUT2D eigenvalue weighted by molar-refractivity contribution is 7.98. The van der Waals surface area contributed by atoms with Crippen LogP contribution in [0.4, 0.5) is 0 Å². The zero-order valence-electron chi connectivity index (χ0n) is 8.50. The molecule has 0 saturated heterocycles. The minimum absolute atomic E-state index is 0.114.